The highest BCUT2D eigenvalue weighted by Crippen LogP contribution is 2.49. The summed E-state index contributed by atoms with van der Waals surface area (Å²) in [6.07, 6.45) is 2.23. The zero-order valence-electron chi connectivity index (χ0n) is 12.6. The van der Waals surface area contributed by atoms with Crippen molar-refractivity contribution in [3.05, 3.63) is 16.4 Å². The van der Waals surface area contributed by atoms with Gasteiger partial charge in [-0.25, -0.2) is 0 Å². The van der Waals surface area contributed by atoms with Crippen LogP contribution < -0.4 is 0 Å². The summed E-state index contributed by atoms with van der Waals surface area (Å²) in [6, 6.07) is 0. The number of carbonyl (C=O) groups is 1. The Bertz CT molecular complexity index is 567. The Morgan fingerprint density at radius 2 is 2.19 bits per heavy atom. The Hall–Kier alpha value is -0.880. The Balaban J connectivity index is 2.01. The third-order valence-corrected chi connectivity index (χ3v) is 5.94. The van der Waals surface area contributed by atoms with E-state index in [1.54, 1.807) is 4.68 Å². The molecular weight excluding hydrogens is 312 g/mol. The molecule has 1 aliphatic carbocycles. The largest absolute Gasteiger partial charge is 0.469 e. The third-order valence-electron chi connectivity index (χ3n) is 3.92. The second kappa shape index (κ2) is 6.48. The van der Waals surface area contributed by atoms with Crippen LogP contribution in [0.4, 0.5) is 0 Å². The summed E-state index contributed by atoms with van der Waals surface area (Å²) in [7, 11) is 0.328. The zero-order chi connectivity index (χ0) is 15.6. The van der Waals surface area contributed by atoms with Gasteiger partial charge in [-0.15, -0.1) is 0 Å². The molecule has 1 atom stereocenters. The lowest BCUT2D eigenvalue weighted by molar-refractivity contribution is -0.141. The first-order valence-electron chi connectivity index (χ1n) is 7.04. The Kier molecular flexibility index (Phi) is 5.09. The summed E-state index contributed by atoms with van der Waals surface area (Å²) in [5.41, 5.74) is 1.46. The lowest BCUT2D eigenvalue weighted by atomic mass is 10.1. The maximum absolute atomic E-state index is 12.4. The maximum Gasteiger partial charge on any atom is 0.306 e. The minimum Gasteiger partial charge on any atom is -0.469 e. The molecule has 0 amide bonds. The van der Waals surface area contributed by atoms with E-state index in [2.05, 4.69) is 5.10 Å². The van der Waals surface area contributed by atoms with E-state index in [9.17, 15) is 9.00 Å². The van der Waals surface area contributed by atoms with Gasteiger partial charge in [0.05, 0.1) is 35.7 Å². The van der Waals surface area contributed by atoms with E-state index in [4.69, 9.17) is 16.3 Å². The molecule has 0 bridgehead atoms. The molecule has 1 aromatic rings. The number of esters is 1. The van der Waals surface area contributed by atoms with Crippen molar-refractivity contribution in [2.75, 3.05) is 12.9 Å². The van der Waals surface area contributed by atoms with Crippen LogP contribution >= 0.6 is 11.6 Å². The maximum atomic E-state index is 12.4. The number of ether oxygens (including phenoxy) is 1. The van der Waals surface area contributed by atoms with Crippen LogP contribution in [0.3, 0.4) is 0 Å². The molecule has 0 saturated heterocycles. The first-order chi connectivity index (χ1) is 9.90. The Morgan fingerprint density at radius 1 is 1.52 bits per heavy atom. The fraction of sp³-hybridized carbons (Fsp3) is 0.714. The van der Waals surface area contributed by atoms with E-state index < -0.39 is 10.8 Å². The molecule has 1 aromatic heterocycles. The summed E-state index contributed by atoms with van der Waals surface area (Å²) in [5.74, 6) is 0.681. The summed E-state index contributed by atoms with van der Waals surface area (Å²) in [4.78, 5) is 11.4. The monoisotopic (exact) mass is 332 g/mol. The van der Waals surface area contributed by atoms with Crippen LogP contribution in [0.2, 0.25) is 5.02 Å². The molecule has 0 aliphatic heterocycles. The summed E-state index contributed by atoms with van der Waals surface area (Å²) >= 11 is 6.24. The summed E-state index contributed by atoms with van der Waals surface area (Å²) in [6.45, 7) is 4.53. The van der Waals surface area contributed by atoms with Gasteiger partial charge in [0.1, 0.15) is 0 Å². The normalized spacial score (nSPS) is 17.5. The average Bonchev–Trinajstić information content (AvgIpc) is 3.14. The van der Waals surface area contributed by atoms with Crippen molar-refractivity contribution >= 4 is 28.4 Å². The van der Waals surface area contributed by atoms with Crippen LogP contribution in [0.1, 0.15) is 37.6 Å². The SMILES string of the molecule is CCn1nc(C)c(Cl)c1CS(=O)CC1(CC(=O)OC)CC1. The van der Waals surface area contributed by atoms with Crippen molar-refractivity contribution in [3.63, 3.8) is 0 Å². The lowest BCUT2D eigenvalue weighted by Crippen LogP contribution is -2.19. The minimum atomic E-state index is -1.06. The first-order valence-corrected chi connectivity index (χ1v) is 8.91. The number of hydrogen-bond donors (Lipinski definition) is 0. The van der Waals surface area contributed by atoms with E-state index in [0.717, 1.165) is 24.2 Å². The third kappa shape index (κ3) is 3.86. The summed E-state index contributed by atoms with van der Waals surface area (Å²) in [5, 5.41) is 4.93. The molecule has 1 saturated carbocycles. The van der Waals surface area contributed by atoms with Gasteiger partial charge in [0.2, 0.25) is 0 Å². The highest BCUT2D eigenvalue weighted by molar-refractivity contribution is 7.84. The molecule has 0 spiro atoms. The first kappa shape index (κ1) is 16.5. The molecule has 0 radical (unpaired) electrons. The molecule has 1 aliphatic rings. The van der Waals surface area contributed by atoms with Crippen LogP contribution in [-0.4, -0.2) is 32.8 Å². The van der Waals surface area contributed by atoms with E-state index >= 15 is 0 Å². The number of rotatable bonds is 7. The number of nitrogens with zero attached hydrogens (tertiary/aromatic N) is 2. The van der Waals surface area contributed by atoms with E-state index in [1.165, 1.54) is 7.11 Å². The molecule has 7 heteroatoms. The average molecular weight is 333 g/mol. The lowest BCUT2D eigenvalue weighted by Gasteiger charge is -2.13. The van der Waals surface area contributed by atoms with E-state index in [-0.39, 0.29) is 11.4 Å². The van der Waals surface area contributed by atoms with Crippen molar-refractivity contribution in [2.45, 2.75) is 45.4 Å². The highest BCUT2D eigenvalue weighted by Gasteiger charge is 2.46. The van der Waals surface area contributed by atoms with E-state index in [0.29, 0.717) is 29.5 Å². The van der Waals surface area contributed by atoms with Crippen LogP contribution in [0.25, 0.3) is 0 Å². The predicted molar refractivity (Wildman–Crippen MR) is 82.7 cm³/mol. The van der Waals surface area contributed by atoms with Crippen molar-refractivity contribution in [1.29, 1.82) is 0 Å². The molecule has 21 heavy (non-hydrogen) atoms. The molecule has 118 valence electrons. The van der Waals surface area contributed by atoms with Gasteiger partial charge < -0.3 is 4.74 Å². The minimum absolute atomic E-state index is 0.128. The number of hydrogen-bond acceptors (Lipinski definition) is 4. The molecule has 0 aromatic carbocycles. The van der Waals surface area contributed by atoms with Gasteiger partial charge in [-0.2, -0.15) is 5.10 Å². The van der Waals surface area contributed by atoms with Crippen LogP contribution in [0.5, 0.6) is 0 Å². The van der Waals surface area contributed by atoms with Gasteiger partial charge >= 0.3 is 5.97 Å². The molecule has 1 heterocycles. The number of aromatic nitrogens is 2. The predicted octanol–water partition coefficient (Wildman–Crippen LogP) is 2.46. The van der Waals surface area contributed by atoms with Crippen molar-refractivity contribution < 1.29 is 13.7 Å². The second-order valence-electron chi connectivity index (χ2n) is 5.64. The quantitative estimate of drug-likeness (QED) is 0.720. The molecule has 1 unspecified atom stereocenters. The van der Waals surface area contributed by atoms with Crippen molar-refractivity contribution in [2.24, 2.45) is 5.41 Å². The van der Waals surface area contributed by atoms with Gasteiger partial charge in [-0.3, -0.25) is 13.7 Å². The zero-order valence-corrected chi connectivity index (χ0v) is 14.2. The number of carbonyl (C=O) groups excluding carboxylic acids is 1. The van der Waals surface area contributed by atoms with Crippen molar-refractivity contribution in [1.82, 2.24) is 9.78 Å². The van der Waals surface area contributed by atoms with Gasteiger partial charge in [0.15, 0.2) is 0 Å². The van der Waals surface area contributed by atoms with Gasteiger partial charge in [0, 0.05) is 23.1 Å². The van der Waals surface area contributed by atoms with Crippen LogP contribution in [0, 0.1) is 12.3 Å². The standard InChI is InChI=1S/C14H21ClN2O3S/c1-4-17-11(13(15)10(2)16-17)8-21(19)9-14(5-6-14)7-12(18)20-3/h4-9H2,1-3H3. The van der Waals surface area contributed by atoms with Gasteiger partial charge in [-0.05, 0) is 32.1 Å². The van der Waals surface area contributed by atoms with Crippen LogP contribution in [0.15, 0.2) is 0 Å². The number of aryl methyl sites for hydroxylation is 2. The highest BCUT2D eigenvalue weighted by atomic mass is 35.5. The van der Waals surface area contributed by atoms with E-state index in [1.807, 2.05) is 13.8 Å². The van der Waals surface area contributed by atoms with Crippen LogP contribution in [-0.2, 0) is 32.6 Å². The molecule has 2 rings (SSSR count). The number of halogens is 1. The molecule has 0 N–H and O–H groups in total. The smallest absolute Gasteiger partial charge is 0.306 e. The Labute approximate surface area is 132 Å². The molecule has 5 nitrogen and oxygen atoms in total. The second-order valence-corrected chi connectivity index (χ2v) is 7.48. The fourth-order valence-corrected chi connectivity index (χ4v) is 4.53. The number of methoxy groups -OCH3 is 1. The van der Waals surface area contributed by atoms with Gasteiger partial charge in [-0.1, -0.05) is 11.6 Å². The van der Waals surface area contributed by atoms with Crippen molar-refractivity contribution in [3.8, 4) is 0 Å². The fourth-order valence-electron chi connectivity index (χ4n) is 2.48. The molecule has 1 fully saturated rings. The topological polar surface area (TPSA) is 61.2 Å². The summed E-state index contributed by atoms with van der Waals surface area (Å²) < 4.78 is 18.9. The van der Waals surface area contributed by atoms with Gasteiger partial charge in [0.25, 0.3) is 0 Å². The Morgan fingerprint density at radius 3 is 2.71 bits per heavy atom. The molecular formula is C14H21ClN2O3S.